The van der Waals surface area contributed by atoms with Crippen molar-refractivity contribution < 1.29 is 0 Å². The van der Waals surface area contributed by atoms with Gasteiger partial charge in [-0.15, -0.1) is 10.2 Å². The lowest BCUT2D eigenvalue weighted by Gasteiger charge is -2.25. The van der Waals surface area contributed by atoms with E-state index in [2.05, 4.69) is 36.2 Å². The van der Waals surface area contributed by atoms with Gasteiger partial charge in [-0.2, -0.15) is 4.80 Å². The molecule has 74 valence electrons. The lowest BCUT2D eigenvalue weighted by molar-refractivity contribution is 0.315. The van der Waals surface area contributed by atoms with Crippen molar-refractivity contribution in [2.45, 2.75) is 33.2 Å². The molecule has 0 aliphatic rings. The second-order valence-electron chi connectivity index (χ2n) is 4.37. The van der Waals surface area contributed by atoms with Crippen LogP contribution in [0.1, 0.15) is 26.6 Å². The molecule has 5 heteroatoms. The molecule has 0 aliphatic carbocycles. The molecule has 13 heavy (non-hydrogen) atoms. The first-order valence-electron chi connectivity index (χ1n) is 4.38. The van der Waals surface area contributed by atoms with E-state index in [0.717, 1.165) is 0 Å². The Morgan fingerprint density at radius 2 is 2.08 bits per heavy atom. The summed E-state index contributed by atoms with van der Waals surface area (Å²) in [6.45, 7) is 6.32. The van der Waals surface area contributed by atoms with Crippen LogP contribution in [0.15, 0.2) is 0 Å². The standard InChI is InChI=1S/C8H17N5/c1-8(2,3)6(9)5-7-10-12-13(4)11-7/h6H,5,9H2,1-4H3/t6-/m1/s1. The Hall–Kier alpha value is -0.970. The van der Waals surface area contributed by atoms with E-state index in [1.165, 1.54) is 4.80 Å². The Kier molecular flexibility index (Phi) is 2.66. The third-order valence-electron chi connectivity index (χ3n) is 2.06. The zero-order chi connectivity index (χ0) is 10.1. The van der Waals surface area contributed by atoms with E-state index < -0.39 is 0 Å². The quantitative estimate of drug-likeness (QED) is 0.707. The van der Waals surface area contributed by atoms with E-state index in [0.29, 0.717) is 12.2 Å². The fourth-order valence-corrected chi connectivity index (χ4v) is 0.908. The van der Waals surface area contributed by atoms with Crippen LogP contribution in [0, 0.1) is 5.41 Å². The Morgan fingerprint density at radius 1 is 1.46 bits per heavy atom. The molecule has 0 radical (unpaired) electrons. The summed E-state index contributed by atoms with van der Waals surface area (Å²) in [5.74, 6) is 0.713. The molecular formula is C8H17N5. The molecule has 0 saturated heterocycles. The maximum Gasteiger partial charge on any atom is 0.176 e. The molecule has 0 bridgehead atoms. The van der Waals surface area contributed by atoms with Crippen LogP contribution in [-0.2, 0) is 13.5 Å². The van der Waals surface area contributed by atoms with Gasteiger partial charge in [-0.1, -0.05) is 20.8 Å². The second kappa shape index (κ2) is 3.41. The molecule has 0 unspecified atom stereocenters. The number of tetrazole rings is 1. The van der Waals surface area contributed by atoms with Gasteiger partial charge in [0.1, 0.15) is 0 Å². The van der Waals surface area contributed by atoms with E-state index in [-0.39, 0.29) is 11.5 Å². The van der Waals surface area contributed by atoms with Crippen molar-refractivity contribution >= 4 is 0 Å². The van der Waals surface area contributed by atoms with Gasteiger partial charge in [0.2, 0.25) is 0 Å². The average Bonchev–Trinajstić information content (AvgIpc) is 2.33. The van der Waals surface area contributed by atoms with Crippen molar-refractivity contribution in [3.8, 4) is 0 Å². The molecule has 2 N–H and O–H groups in total. The highest BCUT2D eigenvalue weighted by molar-refractivity contribution is 4.88. The van der Waals surface area contributed by atoms with Crippen LogP contribution in [0.5, 0.6) is 0 Å². The molecule has 1 aromatic rings. The third-order valence-corrected chi connectivity index (χ3v) is 2.06. The highest BCUT2D eigenvalue weighted by atomic mass is 15.6. The molecule has 1 atom stereocenters. The summed E-state index contributed by atoms with van der Waals surface area (Å²) in [7, 11) is 1.75. The summed E-state index contributed by atoms with van der Waals surface area (Å²) >= 11 is 0. The molecule has 1 rings (SSSR count). The van der Waals surface area contributed by atoms with Gasteiger partial charge in [0.25, 0.3) is 0 Å². The molecule has 1 aromatic heterocycles. The Bertz CT molecular complexity index is 272. The minimum Gasteiger partial charge on any atom is -0.327 e. The first kappa shape index (κ1) is 10.1. The predicted octanol–water partition coefficient (Wildman–Crippen LogP) is 0.126. The Morgan fingerprint density at radius 3 is 2.46 bits per heavy atom. The first-order chi connectivity index (χ1) is 5.89. The van der Waals surface area contributed by atoms with E-state index in [1.54, 1.807) is 7.05 Å². The average molecular weight is 183 g/mol. The van der Waals surface area contributed by atoms with Crippen molar-refractivity contribution in [2.75, 3.05) is 0 Å². The smallest absolute Gasteiger partial charge is 0.176 e. The van der Waals surface area contributed by atoms with Crippen LogP contribution in [0.25, 0.3) is 0 Å². The molecule has 0 spiro atoms. The third kappa shape index (κ3) is 2.77. The normalized spacial score (nSPS) is 14.5. The number of nitrogens with zero attached hydrogens (tertiary/aromatic N) is 4. The number of hydrogen-bond acceptors (Lipinski definition) is 4. The molecule has 0 saturated carbocycles. The van der Waals surface area contributed by atoms with Gasteiger partial charge in [0, 0.05) is 12.5 Å². The minimum absolute atomic E-state index is 0.0664. The van der Waals surface area contributed by atoms with Crippen LogP contribution in [0.3, 0.4) is 0 Å². The van der Waals surface area contributed by atoms with Gasteiger partial charge < -0.3 is 5.73 Å². The van der Waals surface area contributed by atoms with Gasteiger partial charge in [0.15, 0.2) is 5.82 Å². The van der Waals surface area contributed by atoms with Gasteiger partial charge in [0.05, 0.1) is 7.05 Å². The number of aromatic nitrogens is 4. The predicted molar refractivity (Wildman–Crippen MR) is 49.9 cm³/mol. The van der Waals surface area contributed by atoms with E-state index in [9.17, 15) is 0 Å². The van der Waals surface area contributed by atoms with Crippen molar-refractivity contribution in [2.24, 2.45) is 18.2 Å². The summed E-state index contributed by atoms with van der Waals surface area (Å²) in [5, 5.41) is 11.7. The van der Waals surface area contributed by atoms with Crippen molar-refractivity contribution in [1.29, 1.82) is 0 Å². The van der Waals surface area contributed by atoms with Crippen LogP contribution < -0.4 is 5.73 Å². The monoisotopic (exact) mass is 183 g/mol. The Labute approximate surface area is 78.3 Å². The summed E-state index contributed by atoms with van der Waals surface area (Å²) in [6, 6.07) is 0.0664. The fraction of sp³-hybridized carbons (Fsp3) is 0.875. The van der Waals surface area contributed by atoms with E-state index >= 15 is 0 Å². The van der Waals surface area contributed by atoms with Gasteiger partial charge in [-0.3, -0.25) is 0 Å². The summed E-state index contributed by atoms with van der Waals surface area (Å²) < 4.78 is 0. The topological polar surface area (TPSA) is 69.6 Å². The maximum absolute atomic E-state index is 5.97. The van der Waals surface area contributed by atoms with Crippen molar-refractivity contribution in [3.63, 3.8) is 0 Å². The van der Waals surface area contributed by atoms with Gasteiger partial charge in [-0.25, -0.2) is 0 Å². The summed E-state index contributed by atoms with van der Waals surface area (Å²) in [4.78, 5) is 1.45. The fourth-order valence-electron chi connectivity index (χ4n) is 0.908. The molecular weight excluding hydrogens is 166 g/mol. The summed E-state index contributed by atoms with van der Waals surface area (Å²) in [6.07, 6.45) is 0.678. The minimum atomic E-state index is 0.0664. The molecule has 1 heterocycles. The second-order valence-corrected chi connectivity index (χ2v) is 4.37. The van der Waals surface area contributed by atoms with Gasteiger partial charge >= 0.3 is 0 Å². The summed E-state index contributed by atoms with van der Waals surface area (Å²) in [5.41, 5.74) is 6.06. The zero-order valence-electron chi connectivity index (χ0n) is 8.65. The van der Waals surface area contributed by atoms with Crippen LogP contribution in [0.4, 0.5) is 0 Å². The highest BCUT2D eigenvalue weighted by Gasteiger charge is 2.22. The van der Waals surface area contributed by atoms with Gasteiger partial charge in [-0.05, 0) is 10.6 Å². The number of rotatable bonds is 2. The molecule has 0 amide bonds. The zero-order valence-corrected chi connectivity index (χ0v) is 8.65. The van der Waals surface area contributed by atoms with Crippen molar-refractivity contribution in [1.82, 2.24) is 20.2 Å². The first-order valence-corrected chi connectivity index (χ1v) is 4.38. The number of aryl methyl sites for hydroxylation is 1. The molecule has 0 aliphatic heterocycles. The van der Waals surface area contributed by atoms with Crippen LogP contribution >= 0.6 is 0 Å². The van der Waals surface area contributed by atoms with Crippen LogP contribution in [0.2, 0.25) is 0 Å². The molecule has 0 fully saturated rings. The molecule has 5 nitrogen and oxygen atoms in total. The van der Waals surface area contributed by atoms with E-state index in [1.807, 2.05) is 0 Å². The maximum atomic E-state index is 5.97. The number of hydrogen-bond donors (Lipinski definition) is 1. The molecule has 0 aromatic carbocycles. The van der Waals surface area contributed by atoms with E-state index in [4.69, 9.17) is 5.73 Å². The Balaban J connectivity index is 2.60. The SMILES string of the molecule is Cn1nnc(C[C@@H](N)C(C)(C)C)n1. The van der Waals surface area contributed by atoms with Crippen LogP contribution in [-0.4, -0.2) is 26.2 Å². The number of nitrogens with two attached hydrogens (primary N) is 1. The van der Waals surface area contributed by atoms with Crippen molar-refractivity contribution in [3.05, 3.63) is 5.82 Å². The lowest BCUT2D eigenvalue weighted by Crippen LogP contribution is -2.37. The lowest BCUT2D eigenvalue weighted by atomic mass is 9.85. The largest absolute Gasteiger partial charge is 0.327 e. The highest BCUT2D eigenvalue weighted by Crippen LogP contribution is 2.19.